The van der Waals surface area contributed by atoms with Gasteiger partial charge in [0, 0.05) is 40.4 Å². The number of phenolic OH excluding ortho intramolecular Hbond substituents is 3. The molecule has 354 valence electrons. The summed E-state index contributed by atoms with van der Waals surface area (Å²) in [6.07, 6.45) is -17.0. The number of ketones is 2. The Kier molecular flexibility index (Phi) is 13.0. The molecule has 22 nitrogen and oxygen atoms in total. The van der Waals surface area contributed by atoms with Crippen molar-refractivity contribution >= 4 is 29.4 Å². The van der Waals surface area contributed by atoms with Crippen LogP contribution in [0.3, 0.4) is 0 Å². The molecule has 0 aromatic heterocycles. The Morgan fingerprint density at radius 1 is 0.864 bits per heavy atom. The minimum absolute atomic E-state index is 0.00925. The van der Waals surface area contributed by atoms with E-state index in [1.54, 1.807) is 0 Å². The SMILES string of the molecule is C=C(CN(C)[C@@H]1[C@H](O[C@@H]2OC[C@@H](O)[C@H](O)[C@H]2O)[C@@H](O)[C@H](O[C@H]2c3cc(C)c(C(=O)N[C@H](C)C(=O)O)c(O)c3-c3c(cc4c(c3O)C(=O)c3cc(OC)cc(O)c3C4=O)[C@@H]2O)O[C@@H]1C)C(=O)O. The monoisotopic (exact) mass is 924 g/mol. The number of carbonyl (C=O) groups excluding carboxylic acids is 3. The number of rotatable bonds is 12. The zero-order chi connectivity index (χ0) is 48.5. The van der Waals surface area contributed by atoms with Crippen LogP contribution in [-0.4, -0.2) is 174 Å². The number of amides is 1. The highest BCUT2D eigenvalue weighted by molar-refractivity contribution is 6.31. The Morgan fingerprint density at radius 2 is 1.50 bits per heavy atom. The van der Waals surface area contributed by atoms with E-state index in [1.807, 2.05) is 0 Å². The number of carbonyl (C=O) groups is 5. The fraction of sp³-hybridized carbons (Fsp3) is 0.432. The lowest BCUT2D eigenvalue weighted by Crippen LogP contribution is -2.66. The van der Waals surface area contributed by atoms with E-state index in [2.05, 4.69) is 11.9 Å². The number of phenols is 3. The number of methoxy groups -OCH3 is 1. The molecule has 0 unspecified atom stereocenters. The first kappa shape index (κ1) is 47.9. The van der Waals surface area contributed by atoms with E-state index in [4.69, 9.17) is 23.7 Å². The zero-order valence-electron chi connectivity index (χ0n) is 35.9. The number of carboxylic acids is 2. The Bertz CT molecular complexity index is 2540. The molecule has 12 atom stereocenters. The van der Waals surface area contributed by atoms with Crippen LogP contribution >= 0.6 is 0 Å². The Labute approximate surface area is 374 Å². The largest absolute Gasteiger partial charge is 0.507 e. The quantitative estimate of drug-likeness (QED) is 0.0816. The molecule has 0 radical (unpaired) electrons. The number of aromatic hydroxyl groups is 3. The molecule has 3 aromatic rings. The second-order valence-electron chi connectivity index (χ2n) is 16.6. The maximum Gasteiger partial charge on any atom is 0.332 e. The number of carboxylic acid groups (broad SMARTS) is 2. The van der Waals surface area contributed by atoms with Crippen molar-refractivity contribution < 1.29 is 98.7 Å². The molecule has 1 amide bonds. The van der Waals surface area contributed by atoms with Gasteiger partial charge in [0.15, 0.2) is 24.1 Å². The summed E-state index contributed by atoms with van der Waals surface area (Å²) in [5.41, 5.74) is -4.11. The number of aliphatic hydroxyl groups excluding tert-OH is 5. The molecule has 22 heteroatoms. The Morgan fingerprint density at radius 3 is 2.14 bits per heavy atom. The second kappa shape index (κ2) is 18.0. The molecule has 3 aromatic carbocycles. The number of nitrogens with one attached hydrogen (secondary N) is 1. The number of aryl methyl sites for hydroxylation is 1. The minimum atomic E-state index is -1.98. The third-order valence-electron chi connectivity index (χ3n) is 12.3. The van der Waals surface area contributed by atoms with Gasteiger partial charge in [-0.3, -0.25) is 24.1 Å². The molecule has 2 heterocycles. The number of aliphatic carboxylic acids is 2. The van der Waals surface area contributed by atoms with Gasteiger partial charge in [-0.1, -0.05) is 12.6 Å². The van der Waals surface area contributed by atoms with Gasteiger partial charge in [-0.25, -0.2) is 4.79 Å². The van der Waals surface area contributed by atoms with Crippen molar-refractivity contribution in [3.63, 3.8) is 0 Å². The number of benzene rings is 3. The fourth-order valence-electron chi connectivity index (χ4n) is 8.96. The van der Waals surface area contributed by atoms with Crippen LogP contribution in [0.15, 0.2) is 36.4 Å². The van der Waals surface area contributed by atoms with E-state index in [0.717, 1.165) is 19.1 Å². The van der Waals surface area contributed by atoms with Crippen LogP contribution in [0, 0.1) is 6.92 Å². The van der Waals surface area contributed by atoms with Gasteiger partial charge in [0.05, 0.1) is 42.6 Å². The molecule has 66 heavy (non-hydrogen) atoms. The summed E-state index contributed by atoms with van der Waals surface area (Å²) >= 11 is 0. The summed E-state index contributed by atoms with van der Waals surface area (Å²) < 4.78 is 29.3. The number of nitrogens with zero attached hydrogens (tertiary/aromatic N) is 1. The van der Waals surface area contributed by atoms with Crippen LogP contribution < -0.4 is 10.1 Å². The first-order chi connectivity index (χ1) is 31.0. The number of hydrogen-bond donors (Lipinski definition) is 11. The third-order valence-corrected chi connectivity index (χ3v) is 12.3. The van der Waals surface area contributed by atoms with Crippen LogP contribution in [0.1, 0.15) is 84.9 Å². The smallest absolute Gasteiger partial charge is 0.332 e. The summed E-state index contributed by atoms with van der Waals surface area (Å²) in [6.45, 7) is 6.76. The Balaban J connectivity index is 1.37. The summed E-state index contributed by atoms with van der Waals surface area (Å²) in [5.74, 6) is -8.26. The minimum Gasteiger partial charge on any atom is -0.507 e. The van der Waals surface area contributed by atoms with Crippen LogP contribution in [0.5, 0.6) is 23.0 Å². The van der Waals surface area contributed by atoms with Gasteiger partial charge in [-0.15, -0.1) is 0 Å². The molecule has 4 aliphatic rings. The molecule has 7 rings (SSSR count). The van der Waals surface area contributed by atoms with Crippen molar-refractivity contribution in [1.29, 1.82) is 0 Å². The molecular weight excluding hydrogens is 876 g/mol. The lowest BCUT2D eigenvalue weighted by molar-refractivity contribution is -0.346. The van der Waals surface area contributed by atoms with E-state index in [0.29, 0.717) is 0 Å². The zero-order valence-corrected chi connectivity index (χ0v) is 35.9. The lowest BCUT2D eigenvalue weighted by atomic mass is 9.74. The number of likely N-dealkylation sites (N-methyl/N-ethyl adjacent to an activating group) is 1. The van der Waals surface area contributed by atoms with Crippen molar-refractivity contribution in [3.05, 3.63) is 80.9 Å². The van der Waals surface area contributed by atoms with Crippen molar-refractivity contribution in [2.45, 2.75) is 94.3 Å². The lowest BCUT2D eigenvalue weighted by Gasteiger charge is -2.49. The highest BCUT2D eigenvalue weighted by Gasteiger charge is 2.52. The molecule has 2 fully saturated rings. The van der Waals surface area contributed by atoms with Crippen LogP contribution in [0.4, 0.5) is 0 Å². The maximum absolute atomic E-state index is 14.2. The summed E-state index contributed by atoms with van der Waals surface area (Å²) in [7, 11) is 2.71. The van der Waals surface area contributed by atoms with Gasteiger partial charge in [0.2, 0.25) is 0 Å². The predicted molar refractivity (Wildman–Crippen MR) is 221 cm³/mol. The second-order valence-corrected chi connectivity index (χ2v) is 16.6. The third kappa shape index (κ3) is 8.03. The molecular formula is C44H48N2O20. The van der Waals surface area contributed by atoms with E-state index >= 15 is 0 Å². The van der Waals surface area contributed by atoms with Crippen molar-refractivity contribution in [2.75, 3.05) is 27.3 Å². The van der Waals surface area contributed by atoms with Crippen molar-refractivity contribution in [1.82, 2.24) is 10.2 Å². The highest BCUT2D eigenvalue weighted by Crippen LogP contribution is 2.57. The first-order valence-corrected chi connectivity index (χ1v) is 20.4. The van der Waals surface area contributed by atoms with Gasteiger partial charge in [-0.05, 0) is 56.6 Å². The number of aliphatic hydroxyl groups is 5. The normalized spacial score (nSPS) is 28.4. The summed E-state index contributed by atoms with van der Waals surface area (Å²) in [4.78, 5) is 66.8. The van der Waals surface area contributed by atoms with E-state index in [9.17, 15) is 75.0 Å². The average Bonchev–Trinajstić information content (AvgIpc) is 3.25. The van der Waals surface area contributed by atoms with E-state index < -0.39 is 160 Å². The molecule has 11 N–H and O–H groups in total. The predicted octanol–water partition coefficient (Wildman–Crippen LogP) is -0.258. The van der Waals surface area contributed by atoms with E-state index in [1.165, 1.54) is 45.0 Å². The van der Waals surface area contributed by atoms with Crippen molar-refractivity contribution in [2.24, 2.45) is 0 Å². The average molecular weight is 925 g/mol. The van der Waals surface area contributed by atoms with Crippen LogP contribution in [0.2, 0.25) is 0 Å². The van der Waals surface area contributed by atoms with Gasteiger partial charge in [-0.2, -0.15) is 0 Å². The first-order valence-electron chi connectivity index (χ1n) is 20.4. The molecule has 2 aliphatic heterocycles. The van der Waals surface area contributed by atoms with E-state index in [-0.39, 0.29) is 40.1 Å². The standard InChI is InChI=1S/C44H48N2O20/c1-13-7-21-27(34(53)24(13)40(57)45-15(3)42(60)61)26-19(10-20-28(35(26)54)31(50)18-8-17(62-6)9-22(47)25(18)30(20)49)32(51)38(21)65-44-37(56)39(66-43-36(55)33(52)23(48)12-63-43)29(16(4)64-44)46(5)11-14(2)41(58)59/h7-10,15-16,23,29,32-33,36-39,43-44,47-48,51-56H,2,11-12H2,1,3-6H3,(H,45,57)(H,58,59)(H,60,61)/t15-,16-,23-,29+,32+,33+,36-,37-,38+,39+,43+,44+/m1/s1. The molecule has 0 saturated carbocycles. The summed E-state index contributed by atoms with van der Waals surface area (Å²) in [5, 5.41) is 112. The number of ether oxygens (including phenoxy) is 5. The van der Waals surface area contributed by atoms with Crippen molar-refractivity contribution in [3.8, 4) is 34.1 Å². The van der Waals surface area contributed by atoms with Gasteiger partial charge >= 0.3 is 11.9 Å². The maximum atomic E-state index is 14.2. The van der Waals surface area contributed by atoms with Crippen LogP contribution in [-0.2, 0) is 28.5 Å². The number of fused-ring (bicyclic) bond motifs is 5. The topological polar surface area (TPSA) is 349 Å². The van der Waals surface area contributed by atoms with Gasteiger partial charge in [0.25, 0.3) is 5.91 Å². The molecule has 2 aliphatic carbocycles. The van der Waals surface area contributed by atoms with Crippen LogP contribution in [0.25, 0.3) is 11.1 Å². The van der Waals surface area contributed by atoms with Gasteiger partial charge < -0.3 is 80.1 Å². The Hall–Kier alpha value is -6.05. The summed E-state index contributed by atoms with van der Waals surface area (Å²) in [6, 6.07) is 1.99. The van der Waals surface area contributed by atoms with Gasteiger partial charge in [0.1, 0.15) is 71.8 Å². The molecule has 0 bridgehead atoms. The fourth-order valence-corrected chi connectivity index (χ4v) is 8.96. The number of hydrogen-bond acceptors (Lipinski definition) is 19. The molecule has 0 spiro atoms. The molecule has 2 saturated heterocycles. The highest BCUT2D eigenvalue weighted by atomic mass is 16.7.